The zero-order valence-electron chi connectivity index (χ0n) is 17.2. The molecule has 3 rings (SSSR count). The Balaban J connectivity index is 1.69. The molecule has 1 amide bonds. The summed E-state index contributed by atoms with van der Waals surface area (Å²) in [5.41, 5.74) is 1.98. The standard InChI is InChI=1S/C20H22FN5O4S/c1-14-5-4-6-15(11-14)20-23-19(30-24-20)12-22-18(27)13-26(31(28,29)25(2)3)17-9-7-16(21)8-10-17/h4-11H,12-13H2,1-3H3,(H,22,27). The first-order valence-corrected chi connectivity index (χ1v) is 10.7. The normalized spacial score (nSPS) is 11.5. The van der Waals surface area contributed by atoms with Gasteiger partial charge in [-0.2, -0.15) is 17.7 Å². The summed E-state index contributed by atoms with van der Waals surface area (Å²) in [4.78, 5) is 16.7. The molecule has 9 nitrogen and oxygen atoms in total. The van der Waals surface area contributed by atoms with Crippen LogP contribution in [0.2, 0.25) is 0 Å². The molecule has 0 fully saturated rings. The maximum Gasteiger partial charge on any atom is 0.304 e. The van der Waals surface area contributed by atoms with Crippen molar-refractivity contribution < 1.29 is 22.1 Å². The molecule has 2 aromatic carbocycles. The summed E-state index contributed by atoms with van der Waals surface area (Å²) < 4.78 is 45.6. The Morgan fingerprint density at radius 1 is 1.16 bits per heavy atom. The molecule has 0 atom stereocenters. The summed E-state index contributed by atoms with van der Waals surface area (Å²) in [7, 11) is -1.30. The van der Waals surface area contributed by atoms with Gasteiger partial charge in [-0.1, -0.05) is 28.9 Å². The zero-order chi connectivity index (χ0) is 22.6. The minimum Gasteiger partial charge on any atom is -0.345 e. The second kappa shape index (κ2) is 9.23. The minimum absolute atomic E-state index is 0.0725. The van der Waals surface area contributed by atoms with E-state index in [4.69, 9.17) is 4.52 Å². The number of carbonyl (C=O) groups excluding carboxylic acids is 1. The minimum atomic E-state index is -3.99. The van der Waals surface area contributed by atoms with Gasteiger partial charge < -0.3 is 9.84 Å². The number of carbonyl (C=O) groups is 1. The van der Waals surface area contributed by atoms with Gasteiger partial charge in [0.05, 0.1) is 12.2 Å². The highest BCUT2D eigenvalue weighted by molar-refractivity contribution is 7.90. The van der Waals surface area contributed by atoms with E-state index in [0.29, 0.717) is 5.82 Å². The fourth-order valence-corrected chi connectivity index (χ4v) is 3.76. The third kappa shape index (κ3) is 5.44. The summed E-state index contributed by atoms with van der Waals surface area (Å²) in [6.07, 6.45) is 0. The van der Waals surface area contributed by atoms with Crippen molar-refractivity contribution in [2.24, 2.45) is 0 Å². The Morgan fingerprint density at radius 2 is 1.87 bits per heavy atom. The van der Waals surface area contributed by atoms with Crippen molar-refractivity contribution in [1.82, 2.24) is 19.8 Å². The smallest absolute Gasteiger partial charge is 0.304 e. The fraction of sp³-hybridized carbons (Fsp3) is 0.250. The number of rotatable bonds is 8. The molecule has 31 heavy (non-hydrogen) atoms. The summed E-state index contributed by atoms with van der Waals surface area (Å²) in [5.74, 6) is -0.550. The van der Waals surface area contributed by atoms with Crippen LogP contribution in [0.5, 0.6) is 0 Å². The van der Waals surface area contributed by atoms with Crippen LogP contribution in [0, 0.1) is 12.7 Å². The van der Waals surface area contributed by atoms with Gasteiger partial charge in [0, 0.05) is 19.7 Å². The molecule has 0 aliphatic rings. The third-order valence-electron chi connectivity index (χ3n) is 4.32. The van der Waals surface area contributed by atoms with E-state index in [1.807, 2.05) is 31.2 Å². The predicted octanol–water partition coefficient (Wildman–Crippen LogP) is 2.11. The van der Waals surface area contributed by atoms with E-state index in [0.717, 1.165) is 31.9 Å². The lowest BCUT2D eigenvalue weighted by atomic mass is 10.1. The van der Waals surface area contributed by atoms with E-state index < -0.39 is 28.5 Å². The van der Waals surface area contributed by atoms with Crippen molar-refractivity contribution in [2.75, 3.05) is 24.9 Å². The Hall–Kier alpha value is -3.31. The highest BCUT2D eigenvalue weighted by Crippen LogP contribution is 2.20. The van der Waals surface area contributed by atoms with Gasteiger partial charge in [0.2, 0.25) is 17.6 Å². The lowest BCUT2D eigenvalue weighted by Gasteiger charge is -2.26. The first-order valence-electron chi connectivity index (χ1n) is 9.29. The molecule has 0 unspecified atom stereocenters. The van der Waals surface area contributed by atoms with Crippen molar-refractivity contribution in [3.8, 4) is 11.4 Å². The predicted molar refractivity (Wildman–Crippen MR) is 113 cm³/mol. The number of halogens is 1. The number of hydrogen-bond acceptors (Lipinski definition) is 6. The van der Waals surface area contributed by atoms with Gasteiger partial charge in [0.25, 0.3) is 0 Å². The van der Waals surface area contributed by atoms with E-state index in [1.165, 1.54) is 26.2 Å². The largest absolute Gasteiger partial charge is 0.345 e. The van der Waals surface area contributed by atoms with Crippen LogP contribution in [-0.4, -0.2) is 49.4 Å². The lowest BCUT2D eigenvalue weighted by molar-refractivity contribution is -0.119. The van der Waals surface area contributed by atoms with Gasteiger partial charge in [-0.3, -0.25) is 4.79 Å². The molecule has 1 heterocycles. The molecule has 0 spiro atoms. The van der Waals surface area contributed by atoms with Crippen molar-refractivity contribution in [2.45, 2.75) is 13.5 Å². The first-order chi connectivity index (χ1) is 14.7. The molecule has 0 saturated heterocycles. The first kappa shape index (κ1) is 22.4. The van der Waals surface area contributed by atoms with Gasteiger partial charge in [-0.25, -0.2) is 8.70 Å². The quantitative estimate of drug-likeness (QED) is 0.567. The molecule has 11 heteroatoms. The van der Waals surface area contributed by atoms with Crippen LogP contribution in [0.25, 0.3) is 11.4 Å². The Kier molecular flexibility index (Phi) is 6.66. The second-order valence-corrected chi connectivity index (χ2v) is 9.00. The van der Waals surface area contributed by atoms with E-state index >= 15 is 0 Å². The second-order valence-electron chi connectivity index (χ2n) is 6.93. The number of amides is 1. The Labute approximate surface area is 179 Å². The number of benzene rings is 2. The number of nitrogens with one attached hydrogen (secondary N) is 1. The number of aromatic nitrogens is 2. The fourth-order valence-electron chi connectivity index (χ4n) is 2.70. The van der Waals surface area contributed by atoms with E-state index in [2.05, 4.69) is 15.5 Å². The number of aryl methyl sites for hydroxylation is 1. The molecule has 3 aromatic rings. The zero-order valence-corrected chi connectivity index (χ0v) is 18.1. The summed E-state index contributed by atoms with van der Waals surface area (Å²) in [5, 5.41) is 6.46. The highest BCUT2D eigenvalue weighted by atomic mass is 32.2. The van der Waals surface area contributed by atoms with Crippen molar-refractivity contribution >= 4 is 21.8 Å². The maximum absolute atomic E-state index is 13.2. The SMILES string of the molecule is Cc1cccc(-c2noc(CNC(=O)CN(c3ccc(F)cc3)S(=O)(=O)N(C)C)n2)c1. The third-order valence-corrected chi connectivity index (χ3v) is 6.14. The molecule has 1 N–H and O–H groups in total. The topological polar surface area (TPSA) is 109 Å². The van der Waals surface area contributed by atoms with Crippen LogP contribution >= 0.6 is 0 Å². The maximum atomic E-state index is 13.2. The van der Waals surface area contributed by atoms with Crippen LogP contribution in [0.3, 0.4) is 0 Å². The van der Waals surface area contributed by atoms with Gasteiger partial charge in [-0.05, 0) is 37.3 Å². The molecule has 0 radical (unpaired) electrons. The van der Waals surface area contributed by atoms with E-state index in [1.54, 1.807) is 0 Å². The monoisotopic (exact) mass is 447 g/mol. The van der Waals surface area contributed by atoms with Gasteiger partial charge in [-0.15, -0.1) is 0 Å². The Bertz CT molecular complexity index is 1160. The molecule has 1 aromatic heterocycles. The van der Waals surface area contributed by atoms with Crippen LogP contribution in [0.1, 0.15) is 11.5 Å². The molecule has 164 valence electrons. The molecule has 0 aliphatic heterocycles. The number of hydrogen-bond donors (Lipinski definition) is 1. The van der Waals surface area contributed by atoms with E-state index in [-0.39, 0.29) is 18.1 Å². The molecular formula is C20H22FN5O4S. The average molecular weight is 447 g/mol. The molecule has 0 bridgehead atoms. The summed E-state index contributed by atoms with van der Waals surface area (Å²) in [6.45, 7) is 1.36. The van der Waals surface area contributed by atoms with Crippen molar-refractivity contribution in [3.63, 3.8) is 0 Å². The Morgan fingerprint density at radius 3 is 2.52 bits per heavy atom. The van der Waals surface area contributed by atoms with Gasteiger partial charge in [0.1, 0.15) is 12.4 Å². The lowest BCUT2D eigenvalue weighted by Crippen LogP contribution is -2.45. The summed E-state index contributed by atoms with van der Waals surface area (Å²) in [6, 6.07) is 12.4. The average Bonchev–Trinajstić information content (AvgIpc) is 3.20. The van der Waals surface area contributed by atoms with Crippen LogP contribution in [-0.2, 0) is 21.5 Å². The van der Waals surface area contributed by atoms with Crippen molar-refractivity contribution in [1.29, 1.82) is 0 Å². The number of anilines is 1. The van der Waals surface area contributed by atoms with E-state index in [9.17, 15) is 17.6 Å². The van der Waals surface area contributed by atoms with Crippen LogP contribution in [0.4, 0.5) is 10.1 Å². The van der Waals surface area contributed by atoms with Gasteiger partial charge in [0.15, 0.2) is 0 Å². The van der Waals surface area contributed by atoms with Gasteiger partial charge >= 0.3 is 10.2 Å². The highest BCUT2D eigenvalue weighted by Gasteiger charge is 2.27. The number of nitrogens with zero attached hydrogens (tertiary/aromatic N) is 4. The van der Waals surface area contributed by atoms with Crippen LogP contribution < -0.4 is 9.62 Å². The van der Waals surface area contributed by atoms with Crippen molar-refractivity contribution in [3.05, 3.63) is 65.8 Å². The molecule has 0 aliphatic carbocycles. The molecule has 0 saturated carbocycles. The summed E-state index contributed by atoms with van der Waals surface area (Å²) >= 11 is 0. The van der Waals surface area contributed by atoms with Crippen LogP contribution in [0.15, 0.2) is 53.1 Å². The molecular weight excluding hydrogens is 425 g/mol.